The minimum atomic E-state index is -0.377. The molecule has 0 bridgehead atoms. The van der Waals surface area contributed by atoms with Crippen molar-refractivity contribution in [3.63, 3.8) is 0 Å². The molecule has 1 saturated heterocycles. The number of halogens is 1. The number of likely N-dealkylation sites (tertiary alicyclic amines) is 1. The summed E-state index contributed by atoms with van der Waals surface area (Å²) in [6.45, 7) is 11.4. The van der Waals surface area contributed by atoms with Crippen LogP contribution in [0.4, 0.5) is 0 Å². The van der Waals surface area contributed by atoms with Gasteiger partial charge in [0.25, 0.3) is 0 Å². The second kappa shape index (κ2) is 11.5. The van der Waals surface area contributed by atoms with Crippen molar-refractivity contribution in [3.8, 4) is 0 Å². The molecule has 176 valence electrons. The standard InChI is InChI=1S/C26H43ClN2O2/c1-19(30)25(28-15-20-6-5-7-21(14-20)17-31-4)16-29-13-12-24(26(2,3)18-29)22-8-10-23(27)11-9-22/h6,10,14,19,22,24-25,28,30H,5,7-9,11-13,15-18H2,1-4H3/t19?,22?,24?,25-/m0/s1. The van der Waals surface area contributed by atoms with Crippen molar-refractivity contribution in [2.24, 2.45) is 17.3 Å². The van der Waals surface area contributed by atoms with E-state index >= 15 is 0 Å². The molecule has 0 saturated carbocycles. The van der Waals surface area contributed by atoms with Gasteiger partial charge in [0.15, 0.2) is 0 Å². The lowest BCUT2D eigenvalue weighted by molar-refractivity contribution is 0.00553. The predicted octanol–water partition coefficient (Wildman–Crippen LogP) is 4.89. The monoisotopic (exact) mass is 450 g/mol. The van der Waals surface area contributed by atoms with Gasteiger partial charge in [-0.15, -0.1) is 0 Å². The molecule has 4 nitrogen and oxygen atoms in total. The molecular weight excluding hydrogens is 408 g/mol. The minimum absolute atomic E-state index is 0.0749. The molecule has 3 rings (SSSR count). The zero-order valence-electron chi connectivity index (χ0n) is 20.0. The average molecular weight is 451 g/mol. The van der Waals surface area contributed by atoms with Gasteiger partial charge in [-0.25, -0.2) is 0 Å². The molecule has 3 aliphatic rings. The first-order chi connectivity index (χ1) is 14.8. The van der Waals surface area contributed by atoms with E-state index in [0.717, 1.165) is 68.7 Å². The van der Waals surface area contributed by atoms with Gasteiger partial charge in [0, 0.05) is 37.8 Å². The largest absolute Gasteiger partial charge is 0.392 e. The molecule has 2 N–H and O–H groups in total. The van der Waals surface area contributed by atoms with Crippen molar-refractivity contribution in [2.75, 3.05) is 39.9 Å². The summed E-state index contributed by atoms with van der Waals surface area (Å²) in [5, 5.41) is 15.1. The summed E-state index contributed by atoms with van der Waals surface area (Å²) in [5.74, 6) is 1.51. The second-order valence-electron chi connectivity index (χ2n) is 10.6. The molecule has 5 heteroatoms. The lowest BCUT2D eigenvalue weighted by Gasteiger charge is -2.49. The number of aliphatic hydroxyl groups excluding tert-OH is 1. The number of nitrogens with zero attached hydrogens (tertiary/aromatic N) is 1. The Morgan fingerprint density at radius 3 is 2.74 bits per heavy atom. The number of hydrogen-bond acceptors (Lipinski definition) is 4. The minimum Gasteiger partial charge on any atom is -0.392 e. The summed E-state index contributed by atoms with van der Waals surface area (Å²) in [5.41, 5.74) is 2.96. The van der Waals surface area contributed by atoms with Crippen LogP contribution in [0.2, 0.25) is 0 Å². The van der Waals surface area contributed by atoms with Gasteiger partial charge in [-0.05, 0) is 80.4 Å². The van der Waals surface area contributed by atoms with Crippen LogP contribution in [0.1, 0.15) is 59.3 Å². The van der Waals surface area contributed by atoms with Crippen LogP contribution < -0.4 is 5.32 Å². The molecule has 31 heavy (non-hydrogen) atoms. The predicted molar refractivity (Wildman–Crippen MR) is 130 cm³/mol. The fourth-order valence-corrected chi connectivity index (χ4v) is 6.07. The third-order valence-electron chi connectivity index (χ3n) is 7.55. The maximum Gasteiger partial charge on any atom is 0.0677 e. The van der Waals surface area contributed by atoms with Gasteiger partial charge in [0.1, 0.15) is 0 Å². The topological polar surface area (TPSA) is 44.7 Å². The van der Waals surface area contributed by atoms with Gasteiger partial charge in [0.05, 0.1) is 12.7 Å². The van der Waals surface area contributed by atoms with Crippen LogP contribution in [0.5, 0.6) is 0 Å². The first-order valence-electron chi connectivity index (χ1n) is 12.1. The van der Waals surface area contributed by atoms with Gasteiger partial charge in [0.2, 0.25) is 0 Å². The van der Waals surface area contributed by atoms with E-state index in [1.807, 2.05) is 6.92 Å². The number of methoxy groups -OCH3 is 1. The van der Waals surface area contributed by atoms with Crippen molar-refractivity contribution in [1.82, 2.24) is 10.2 Å². The number of piperidine rings is 1. The van der Waals surface area contributed by atoms with Crippen LogP contribution in [0.15, 0.2) is 34.4 Å². The van der Waals surface area contributed by atoms with E-state index in [-0.39, 0.29) is 17.6 Å². The summed E-state index contributed by atoms with van der Waals surface area (Å²) in [7, 11) is 1.76. The molecule has 0 aromatic carbocycles. The highest BCUT2D eigenvalue weighted by Gasteiger charge is 2.40. The first kappa shape index (κ1) is 25.0. The highest BCUT2D eigenvalue weighted by Crippen LogP contribution is 2.44. The van der Waals surface area contributed by atoms with Gasteiger partial charge < -0.3 is 20.1 Å². The first-order valence-corrected chi connectivity index (χ1v) is 12.5. The molecule has 0 aromatic heterocycles. The van der Waals surface area contributed by atoms with Crippen molar-refractivity contribution < 1.29 is 9.84 Å². The third-order valence-corrected chi connectivity index (χ3v) is 7.90. The molecule has 2 aliphatic carbocycles. The Hall–Kier alpha value is -0.650. The molecule has 4 atom stereocenters. The third kappa shape index (κ3) is 7.17. The Balaban J connectivity index is 1.53. The van der Waals surface area contributed by atoms with Gasteiger partial charge >= 0.3 is 0 Å². The summed E-state index contributed by atoms with van der Waals surface area (Å²) in [6.07, 6.45) is 13.3. The SMILES string of the molecule is COCC1=CC(CN[C@@H](CN2CCC(C3CC=C(Cl)CC3)C(C)(C)C2)C(C)O)=CCC1. The van der Waals surface area contributed by atoms with Crippen LogP contribution in [-0.2, 0) is 4.74 Å². The lowest BCUT2D eigenvalue weighted by Crippen LogP contribution is -2.54. The summed E-state index contributed by atoms with van der Waals surface area (Å²) in [6, 6.07) is 0.0749. The van der Waals surface area contributed by atoms with E-state index in [2.05, 4.69) is 42.3 Å². The Morgan fingerprint density at radius 1 is 1.29 bits per heavy atom. The summed E-state index contributed by atoms with van der Waals surface area (Å²) < 4.78 is 5.30. The van der Waals surface area contributed by atoms with E-state index in [0.29, 0.717) is 6.61 Å². The van der Waals surface area contributed by atoms with Crippen LogP contribution in [-0.4, -0.2) is 62.0 Å². The number of aliphatic hydroxyl groups is 1. The van der Waals surface area contributed by atoms with E-state index in [1.165, 1.54) is 24.0 Å². The average Bonchev–Trinajstić information content (AvgIpc) is 2.72. The summed E-state index contributed by atoms with van der Waals surface area (Å²) >= 11 is 6.22. The second-order valence-corrected chi connectivity index (χ2v) is 11.1. The molecule has 0 amide bonds. The molecule has 3 unspecified atom stereocenters. The van der Waals surface area contributed by atoms with Crippen LogP contribution in [0.25, 0.3) is 0 Å². The fourth-order valence-electron chi connectivity index (χ4n) is 5.88. The van der Waals surface area contributed by atoms with E-state index in [4.69, 9.17) is 16.3 Å². The zero-order valence-corrected chi connectivity index (χ0v) is 20.8. The maximum atomic E-state index is 10.5. The molecular formula is C26H43ClN2O2. The molecule has 0 aromatic rings. The van der Waals surface area contributed by atoms with Crippen molar-refractivity contribution in [1.29, 1.82) is 0 Å². The number of nitrogens with one attached hydrogen (secondary N) is 1. The van der Waals surface area contributed by atoms with Crippen LogP contribution >= 0.6 is 11.6 Å². The molecule has 1 heterocycles. The number of hydrogen-bond donors (Lipinski definition) is 2. The molecule has 0 spiro atoms. The maximum absolute atomic E-state index is 10.5. The number of ether oxygens (including phenoxy) is 1. The molecule has 1 aliphatic heterocycles. The van der Waals surface area contributed by atoms with Crippen molar-refractivity contribution in [3.05, 3.63) is 34.4 Å². The molecule has 0 radical (unpaired) electrons. The lowest BCUT2D eigenvalue weighted by atomic mass is 9.65. The Kier molecular flexibility index (Phi) is 9.24. The van der Waals surface area contributed by atoms with Gasteiger partial charge in [-0.1, -0.05) is 43.7 Å². The normalized spacial score (nSPS) is 29.0. The Labute approximate surface area is 194 Å². The van der Waals surface area contributed by atoms with Crippen molar-refractivity contribution in [2.45, 2.75) is 71.4 Å². The molecule has 1 fully saturated rings. The van der Waals surface area contributed by atoms with Gasteiger partial charge in [-0.2, -0.15) is 0 Å². The summed E-state index contributed by atoms with van der Waals surface area (Å²) in [4.78, 5) is 2.56. The van der Waals surface area contributed by atoms with Crippen LogP contribution in [0.3, 0.4) is 0 Å². The van der Waals surface area contributed by atoms with Gasteiger partial charge in [-0.3, -0.25) is 0 Å². The van der Waals surface area contributed by atoms with Crippen molar-refractivity contribution >= 4 is 11.6 Å². The number of allylic oxidation sites excluding steroid dienone is 3. The highest BCUT2D eigenvalue weighted by molar-refractivity contribution is 6.29. The smallest absolute Gasteiger partial charge is 0.0677 e. The number of rotatable bonds is 9. The van der Waals surface area contributed by atoms with E-state index in [1.54, 1.807) is 7.11 Å². The Bertz CT molecular complexity index is 683. The highest BCUT2D eigenvalue weighted by atomic mass is 35.5. The van der Waals surface area contributed by atoms with E-state index in [9.17, 15) is 5.11 Å². The van der Waals surface area contributed by atoms with E-state index < -0.39 is 0 Å². The van der Waals surface area contributed by atoms with Crippen LogP contribution in [0, 0.1) is 17.3 Å². The Morgan fingerprint density at radius 2 is 2.10 bits per heavy atom. The zero-order chi connectivity index (χ0) is 22.4. The quantitative estimate of drug-likeness (QED) is 0.525. The fraction of sp³-hybridized carbons (Fsp3) is 0.769.